The summed E-state index contributed by atoms with van der Waals surface area (Å²) in [5.74, 6) is 0. The van der Waals surface area contributed by atoms with Crippen molar-refractivity contribution in [3.8, 4) is 0 Å². The van der Waals surface area contributed by atoms with Crippen LogP contribution in [0.25, 0.3) is 0 Å². The largest absolute Gasteiger partial charge is 0.379 e. The number of isocyanates is 1. The van der Waals surface area contributed by atoms with Crippen molar-refractivity contribution >= 4 is 17.8 Å². The predicted molar refractivity (Wildman–Crippen MR) is 75.2 cm³/mol. The number of hydrogen-bond donors (Lipinski definition) is 0. The van der Waals surface area contributed by atoms with Crippen LogP contribution >= 0.6 is 11.8 Å². The number of rotatable bonds is 4. The van der Waals surface area contributed by atoms with Crippen LogP contribution in [0.15, 0.2) is 34.2 Å². The Labute approximate surface area is 117 Å². The van der Waals surface area contributed by atoms with E-state index in [4.69, 9.17) is 4.74 Å². The first-order chi connectivity index (χ1) is 9.32. The smallest absolute Gasteiger partial charge is 0.235 e. The summed E-state index contributed by atoms with van der Waals surface area (Å²) in [4.78, 5) is 16.1. The summed E-state index contributed by atoms with van der Waals surface area (Å²) in [6.07, 6.45) is 5.97. The second-order valence-corrected chi connectivity index (χ2v) is 6.62. The molecule has 1 saturated heterocycles. The van der Waals surface area contributed by atoms with Gasteiger partial charge < -0.3 is 4.74 Å². The molecule has 0 amide bonds. The van der Waals surface area contributed by atoms with Gasteiger partial charge in [-0.05, 0) is 30.5 Å². The molecular weight excluding hydrogens is 258 g/mol. The zero-order valence-electron chi connectivity index (χ0n) is 10.8. The molecule has 0 spiro atoms. The van der Waals surface area contributed by atoms with Gasteiger partial charge >= 0.3 is 0 Å². The molecule has 0 N–H and O–H groups in total. The van der Waals surface area contributed by atoms with Crippen molar-refractivity contribution in [3.63, 3.8) is 0 Å². The number of ether oxygens (including phenoxy) is 1. The Hall–Kier alpha value is -1.09. The molecule has 19 heavy (non-hydrogen) atoms. The van der Waals surface area contributed by atoms with Gasteiger partial charge in [0.25, 0.3) is 0 Å². The van der Waals surface area contributed by atoms with Gasteiger partial charge in [0, 0.05) is 4.90 Å². The summed E-state index contributed by atoms with van der Waals surface area (Å²) in [5, 5.41) is 0.597. The molecule has 0 unspecified atom stereocenters. The fourth-order valence-electron chi connectivity index (χ4n) is 2.83. The molecule has 4 heteroatoms. The lowest BCUT2D eigenvalue weighted by Gasteiger charge is -2.26. The van der Waals surface area contributed by atoms with Crippen molar-refractivity contribution in [1.29, 1.82) is 0 Å². The Bertz CT molecular complexity index is 483. The second kappa shape index (κ2) is 5.49. The maximum Gasteiger partial charge on any atom is 0.235 e. The van der Waals surface area contributed by atoms with E-state index in [1.54, 1.807) is 6.08 Å². The quantitative estimate of drug-likeness (QED) is 0.625. The predicted octanol–water partition coefficient (Wildman–Crippen LogP) is 3.28. The van der Waals surface area contributed by atoms with E-state index in [2.05, 4.69) is 29.3 Å². The molecule has 1 aliphatic carbocycles. The van der Waals surface area contributed by atoms with E-state index in [9.17, 15) is 4.79 Å². The van der Waals surface area contributed by atoms with E-state index in [0.717, 1.165) is 44.5 Å². The zero-order valence-corrected chi connectivity index (χ0v) is 11.6. The Morgan fingerprint density at radius 3 is 2.42 bits per heavy atom. The molecule has 2 aliphatic rings. The molecular formula is C15H17NO2S. The first-order valence-electron chi connectivity index (χ1n) is 6.76. The molecule has 3 rings (SSSR count). The van der Waals surface area contributed by atoms with Crippen molar-refractivity contribution in [3.05, 3.63) is 29.8 Å². The second-order valence-electron chi connectivity index (χ2n) is 5.24. The molecule has 0 aromatic heterocycles. The van der Waals surface area contributed by atoms with Gasteiger partial charge in [-0.25, -0.2) is 4.79 Å². The molecule has 0 radical (unpaired) electrons. The zero-order chi connectivity index (χ0) is 13.1. The van der Waals surface area contributed by atoms with Crippen LogP contribution in [0.4, 0.5) is 0 Å². The number of nitrogens with zero attached hydrogens (tertiary/aromatic N) is 1. The minimum Gasteiger partial charge on any atom is -0.379 e. The minimum atomic E-state index is -0.301. The van der Waals surface area contributed by atoms with Gasteiger partial charge in [0.1, 0.15) is 0 Å². The van der Waals surface area contributed by atoms with Crippen molar-refractivity contribution < 1.29 is 9.53 Å². The Kier molecular flexibility index (Phi) is 3.74. The number of hydrogen-bond acceptors (Lipinski definition) is 4. The molecule has 3 nitrogen and oxygen atoms in total. The molecule has 1 heterocycles. The van der Waals surface area contributed by atoms with Gasteiger partial charge in [-0.1, -0.05) is 25.0 Å². The van der Waals surface area contributed by atoms with Gasteiger partial charge in [-0.2, -0.15) is 4.99 Å². The lowest BCUT2D eigenvalue weighted by Crippen LogP contribution is -2.30. The Morgan fingerprint density at radius 2 is 1.89 bits per heavy atom. The third-order valence-corrected chi connectivity index (χ3v) is 5.14. The molecule has 100 valence electrons. The average Bonchev–Trinajstić information content (AvgIpc) is 2.85. The third-order valence-electron chi connectivity index (χ3n) is 3.99. The summed E-state index contributed by atoms with van der Waals surface area (Å²) >= 11 is 1.86. The summed E-state index contributed by atoms with van der Waals surface area (Å²) in [7, 11) is 0. The number of aliphatic imine (C=N–C) groups is 1. The highest BCUT2D eigenvalue weighted by Gasteiger charge is 2.35. The van der Waals surface area contributed by atoms with Crippen LogP contribution in [0.2, 0.25) is 0 Å². The van der Waals surface area contributed by atoms with E-state index in [-0.39, 0.29) is 5.54 Å². The lowest BCUT2D eigenvalue weighted by molar-refractivity contribution is 0.0455. The highest BCUT2D eigenvalue weighted by molar-refractivity contribution is 8.00. The molecule has 1 aromatic carbocycles. The van der Waals surface area contributed by atoms with Crippen LogP contribution in [0.1, 0.15) is 31.2 Å². The number of carbonyl (C=O) groups excluding carboxylic acids is 1. The van der Waals surface area contributed by atoms with Crippen molar-refractivity contribution in [2.45, 2.75) is 41.4 Å². The molecule has 0 bridgehead atoms. The summed E-state index contributed by atoms with van der Waals surface area (Å²) < 4.78 is 5.18. The molecule has 1 saturated carbocycles. The lowest BCUT2D eigenvalue weighted by atomic mass is 9.89. The number of benzene rings is 1. The highest BCUT2D eigenvalue weighted by Crippen LogP contribution is 2.42. The average molecular weight is 275 g/mol. The topological polar surface area (TPSA) is 38.7 Å². The van der Waals surface area contributed by atoms with Gasteiger partial charge in [0.15, 0.2) is 0 Å². The monoisotopic (exact) mass is 275 g/mol. The third kappa shape index (κ3) is 2.62. The fourth-order valence-corrected chi connectivity index (χ4v) is 3.84. The molecule has 1 aliphatic heterocycles. The first kappa shape index (κ1) is 12.9. The van der Waals surface area contributed by atoms with Gasteiger partial charge in [0.05, 0.1) is 24.0 Å². The Morgan fingerprint density at radius 1 is 1.21 bits per heavy atom. The normalized spacial score (nSPS) is 21.7. The Balaban J connectivity index is 1.78. The minimum absolute atomic E-state index is 0.301. The van der Waals surface area contributed by atoms with E-state index in [1.165, 1.54) is 4.90 Å². The standard InChI is InChI=1S/C15H17NO2S/c17-11-16-15(7-1-2-8-15)12-3-5-13(6-4-12)19-14-9-18-10-14/h3-6,14H,1-2,7-10H2. The summed E-state index contributed by atoms with van der Waals surface area (Å²) in [5.41, 5.74) is 0.854. The van der Waals surface area contributed by atoms with Gasteiger partial charge in [-0.15, -0.1) is 11.8 Å². The maximum atomic E-state index is 10.7. The first-order valence-corrected chi connectivity index (χ1v) is 7.64. The number of thioether (sulfide) groups is 1. The van der Waals surface area contributed by atoms with Crippen LogP contribution in [0.3, 0.4) is 0 Å². The van der Waals surface area contributed by atoms with Gasteiger partial charge in [-0.3, -0.25) is 0 Å². The highest BCUT2D eigenvalue weighted by atomic mass is 32.2. The van der Waals surface area contributed by atoms with Gasteiger partial charge in [0.2, 0.25) is 6.08 Å². The summed E-state index contributed by atoms with van der Waals surface area (Å²) in [6, 6.07) is 8.51. The van der Waals surface area contributed by atoms with Crippen LogP contribution < -0.4 is 0 Å². The molecule has 1 aromatic rings. The summed E-state index contributed by atoms with van der Waals surface area (Å²) in [6.45, 7) is 1.71. The van der Waals surface area contributed by atoms with E-state index >= 15 is 0 Å². The SMILES string of the molecule is O=C=NC1(c2ccc(SC3COC3)cc2)CCCC1. The van der Waals surface area contributed by atoms with Crippen LogP contribution in [0, 0.1) is 0 Å². The van der Waals surface area contributed by atoms with Crippen LogP contribution in [-0.4, -0.2) is 24.5 Å². The van der Waals surface area contributed by atoms with E-state index in [1.807, 2.05) is 11.8 Å². The van der Waals surface area contributed by atoms with Crippen molar-refractivity contribution in [2.24, 2.45) is 4.99 Å². The maximum absolute atomic E-state index is 10.7. The van der Waals surface area contributed by atoms with Crippen molar-refractivity contribution in [1.82, 2.24) is 0 Å². The van der Waals surface area contributed by atoms with Crippen molar-refractivity contribution in [2.75, 3.05) is 13.2 Å². The molecule has 0 atom stereocenters. The fraction of sp³-hybridized carbons (Fsp3) is 0.533. The molecule has 2 fully saturated rings. The van der Waals surface area contributed by atoms with Crippen LogP contribution in [0.5, 0.6) is 0 Å². The van der Waals surface area contributed by atoms with E-state index in [0.29, 0.717) is 5.25 Å². The van der Waals surface area contributed by atoms with Crippen LogP contribution in [-0.2, 0) is 15.1 Å². The van der Waals surface area contributed by atoms with E-state index < -0.39 is 0 Å².